The molecule has 2 fully saturated rings. The average molecular weight is 195 g/mol. The third kappa shape index (κ3) is 2.31. The second-order valence-electron chi connectivity index (χ2n) is 6.32. The molecule has 0 bridgehead atoms. The first-order chi connectivity index (χ1) is 6.56. The van der Waals surface area contributed by atoms with Gasteiger partial charge in [-0.25, -0.2) is 0 Å². The van der Waals surface area contributed by atoms with Crippen LogP contribution in [0, 0.1) is 17.8 Å². The van der Waals surface area contributed by atoms with Crippen molar-refractivity contribution in [1.29, 1.82) is 0 Å². The minimum absolute atomic E-state index is 0.302. The van der Waals surface area contributed by atoms with Gasteiger partial charge >= 0.3 is 0 Å². The van der Waals surface area contributed by atoms with Gasteiger partial charge in [0.25, 0.3) is 0 Å². The summed E-state index contributed by atoms with van der Waals surface area (Å²) in [5, 5.41) is 3.68. The molecule has 0 spiro atoms. The van der Waals surface area contributed by atoms with Gasteiger partial charge in [0.15, 0.2) is 0 Å². The Hall–Kier alpha value is -0.0400. The Morgan fingerprint density at radius 3 is 2.57 bits per heavy atom. The molecular weight excluding hydrogens is 170 g/mol. The monoisotopic (exact) mass is 195 g/mol. The fourth-order valence-corrected chi connectivity index (χ4v) is 3.38. The van der Waals surface area contributed by atoms with Crippen LogP contribution >= 0.6 is 0 Å². The van der Waals surface area contributed by atoms with E-state index in [-0.39, 0.29) is 0 Å². The number of rotatable bonds is 2. The first-order valence-corrected chi connectivity index (χ1v) is 6.31. The molecule has 2 aliphatic carbocycles. The van der Waals surface area contributed by atoms with Crippen molar-refractivity contribution in [1.82, 2.24) is 5.32 Å². The smallest absolute Gasteiger partial charge is 0.00966 e. The molecule has 14 heavy (non-hydrogen) atoms. The molecule has 0 aliphatic heterocycles. The van der Waals surface area contributed by atoms with Gasteiger partial charge in [0.1, 0.15) is 0 Å². The van der Waals surface area contributed by atoms with E-state index in [2.05, 4.69) is 26.1 Å². The van der Waals surface area contributed by atoms with Crippen molar-refractivity contribution in [3.8, 4) is 0 Å². The van der Waals surface area contributed by atoms with E-state index >= 15 is 0 Å². The maximum atomic E-state index is 3.68. The molecule has 2 aliphatic rings. The molecule has 1 N–H and O–H groups in total. The Balaban J connectivity index is 1.81. The van der Waals surface area contributed by atoms with Crippen molar-refractivity contribution in [3.05, 3.63) is 0 Å². The van der Waals surface area contributed by atoms with Gasteiger partial charge in [-0.1, -0.05) is 12.8 Å². The maximum absolute atomic E-state index is 3.68. The number of nitrogens with one attached hydrogen (secondary N) is 1. The molecule has 0 aromatic heterocycles. The van der Waals surface area contributed by atoms with E-state index < -0.39 is 0 Å². The van der Waals surface area contributed by atoms with E-state index in [4.69, 9.17) is 0 Å². The van der Waals surface area contributed by atoms with Crippen LogP contribution in [0.5, 0.6) is 0 Å². The van der Waals surface area contributed by atoms with E-state index in [1.807, 2.05) is 0 Å². The third-order valence-electron chi connectivity index (χ3n) is 4.13. The van der Waals surface area contributed by atoms with Gasteiger partial charge in [-0.2, -0.15) is 0 Å². The van der Waals surface area contributed by atoms with Crippen molar-refractivity contribution in [2.24, 2.45) is 17.8 Å². The SMILES string of the molecule is CC(C)(C)NCC1CCC2CCCC21. The van der Waals surface area contributed by atoms with E-state index in [0.29, 0.717) is 5.54 Å². The number of hydrogen-bond donors (Lipinski definition) is 1. The Morgan fingerprint density at radius 1 is 1.07 bits per heavy atom. The quantitative estimate of drug-likeness (QED) is 0.713. The van der Waals surface area contributed by atoms with Crippen molar-refractivity contribution in [2.45, 2.75) is 58.4 Å². The standard InChI is InChI=1S/C13H25N/c1-13(2,3)14-9-11-8-7-10-5-4-6-12(10)11/h10-12,14H,4-9H2,1-3H3. The molecule has 0 heterocycles. The molecule has 2 saturated carbocycles. The van der Waals surface area contributed by atoms with Crippen LogP contribution in [-0.4, -0.2) is 12.1 Å². The summed E-state index contributed by atoms with van der Waals surface area (Å²) in [5.41, 5.74) is 0.302. The second kappa shape index (κ2) is 3.84. The summed E-state index contributed by atoms with van der Waals surface area (Å²) in [7, 11) is 0. The molecule has 0 amide bonds. The molecule has 82 valence electrons. The predicted octanol–water partition coefficient (Wildman–Crippen LogP) is 3.20. The minimum Gasteiger partial charge on any atom is -0.312 e. The summed E-state index contributed by atoms with van der Waals surface area (Å²) in [6.07, 6.45) is 7.54. The van der Waals surface area contributed by atoms with Crippen LogP contribution in [0.1, 0.15) is 52.9 Å². The Kier molecular flexibility index (Phi) is 2.88. The van der Waals surface area contributed by atoms with Gasteiger partial charge in [0.05, 0.1) is 0 Å². The van der Waals surface area contributed by atoms with E-state index in [1.165, 1.54) is 38.6 Å². The van der Waals surface area contributed by atoms with Gasteiger partial charge in [-0.3, -0.25) is 0 Å². The van der Waals surface area contributed by atoms with Gasteiger partial charge in [-0.05, 0) is 64.3 Å². The van der Waals surface area contributed by atoms with Crippen molar-refractivity contribution < 1.29 is 0 Å². The first kappa shape index (κ1) is 10.5. The van der Waals surface area contributed by atoms with Crippen molar-refractivity contribution >= 4 is 0 Å². The maximum Gasteiger partial charge on any atom is 0.00966 e. The second-order valence-corrected chi connectivity index (χ2v) is 6.32. The van der Waals surface area contributed by atoms with Crippen molar-refractivity contribution in [3.63, 3.8) is 0 Å². The normalized spacial score (nSPS) is 37.5. The molecular formula is C13H25N. The van der Waals surface area contributed by atoms with Crippen LogP contribution in [0.2, 0.25) is 0 Å². The van der Waals surface area contributed by atoms with Crippen LogP contribution in [-0.2, 0) is 0 Å². The number of hydrogen-bond acceptors (Lipinski definition) is 1. The Morgan fingerprint density at radius 2 is 1.86 bits per heavy atom. The molecule has 0 saturated heterocycles. The zero-order valence-electron chi connectivity index (χ0n) is 9.97. The molecule has 3 unspecified atom stereocenters. The minimum atomic E-state index is 0.302. The first-order valence-electron chi connectivity index (χ1n) is 6.31. The van der Waals surface area contributed by atoms with Crippen molar-refractivity contribution in [2.75, 3.05) is 6.54 Å². The fourth-order valence-electron chi connectivity index (χ4n) is 3.38. The lowest BCUT2D eigenvalue weighted by atomic mass is 9.91. The highest BCUT2D eigenvalue weighted by Crippen LogP contribution is 2.47. The topological polar surface area (TPSA) is 12.0 Å². The lowest BCUT2D eigenvalue weighted by Gasteiger charge is -2.26. The molecule has 0 aromatic carbocycles. The van der Waals surface area contributed by atoms with Gasteiger partial charge in [0, 0.05) is 5.54 Å². The fraction of sp³-hybridized carbons (Fsp3) is 1.00. The highest BCUT2D eigenvalue weighted by atomic mass is 14.9. The summed E-state index contributed by atoms with van der Waals surface area (Å²) < 4.78 is 0. The molecule has 3 atom stereocenters. The molecule has 1 heteroatoms. The summed E-state index contributed by atoms with van der Waals surface area (Å²) in [4.78, 5) is 0. The zero-order chi connectivity index (χ0) is 10.2. The summed E-state index contributed by atoms with van der Waals surface area (Å²) in [5.74, 6) is 3.16. The van der Waals surface area contributed by atoms with E-state index in [9.17, 15) is 0 Å². The zero-order valence-corrected chi connectivity index (χ0v) is 9.97. The molecule has 2 rings (SSSR count). The highest BCUT2D eigenvalue weighted by molar-refractivity contribution is 4.90. The summed E-state index contributed by atoms with van der Waals surface area (Å²) in [6.45, 7) is 8.07. The Bertz CT molecular complexity index is 192. The lowest BCUT2D eigenvalue weighted by molar-refractivity contribution is 0.302. The van der Waals surface area contributed by atoms with E-state index in [0.717, 1.165) is 17.8 Å². The molecule has 0 aromatic rings. The summed E-state index contributed by atoms with van der Waals surface area (Å²) in [6, 6.07) is 0. The third-order valence-corrected chi connectivity index (χ3v) is 4.13. The lowest BCUT2D eigenvalue weighted by Crippen LogP contribution is -2.39. The average Bonchev–Trinajstić information content (AvgIpc) is 2.59. The predicted molar refractivity (Wildman–Crippen MR) is 61.3 cm³/mol. The van der Waals surface area contributed by atoms with Gasteiger partial charge in [0.2, 0.25) is 0 Å². The van der Waals surface area contributed by atoms with Crippen LogP contribution < -0.4 is 5.32 Å². The number of fused-ring (bicyclic) bond motifs is 1. The van der Waals surface area contributed by atoms with Crippen LogP contribution in [0.25, 0.3) is 0 Å². The van der Waals surface area contributed by atoms with Crippen LogP contribution in [0.4, 0.5) is 0 Å². The molecule has 1 nitrogen and oxygen atoms in total. The largest absolute Gasteiger partial charge is 0.312 e. The Labute approximate surface area is 88.7 Å². The van der Waals surface area contributed by atoms with Crippen LogP contribution in [0.15, 0.2) is 0 Å². The van der Waals surface area contributed by atoms with Gasteiger partial charge in [-0.15, -0.1) is 0 Å². The highest BCUT2D eigenvalue weighted by Gasteiger charge is 2.38. The van der Waals surface area contributed by atoms with Gasteiger partial charge < -0.3 is 5.32 Å². The van der Waals surface area contributed by atoms with Crippen LogP contribution in [0.3, 0.4) is 0 Å². The molecule has 0 radical (unpaired) electrons. The summed E-state index contributed by atoms with van der Waals surface area (Å²) >= 11 is 0. The van der Waals surface area contributed by atoms with E-state index in [1.54, 1.807) is 0 Å².